The maximum absolute atomic E-state index is 14.3. The molecule has 7 nitrogen and oxygen atoms in total. The van der Waals surface area contributed by atoms with Crippen LogP contribution in [0.25, 0.3) is 0 Å². The Morgan fingerprint density at radius 2 is 1.68 bits per heavy atom. The number of amides is 2. The highest BCUT2D eigenvalue weighted by atomic mass is 16.7. The first-order valence-corrected chi connectivity index (χ1v) is 12.9. The monoisotopic (exact) mass is 498 g/mol. The Kier molecular flexibility index (Phi) is 5.78. The smallest absolute Gasteiger partial charge is 0.251 e. The van der Waals surface area contributed by atoms with E-state index in [1.165, 1.54) is 0 Å². The third-order valence-electron chi connectivity index (χ3n) is 7.94. The SMILES string of the molecule is CCC(CC)CNC(=O)c1ccccc1CN1C(=O)C2(COc3cc4c(cc32)OCO4)c2ccccc21. The molecule has 6 rings (SSSR count). The van der Waals surface area contributed by atoms with E-state index in [9.17, 15) is 9.59 Å². The summed E-state index contributed by atoms with van der Waals surface area (Å²) in [6, 6.07) is 19.0. The Morgan fingerprint density at radius 3 is 2.49 bits per heavy atom. The maximum Gasteiger partial charge on any atom is 0.251 e. The van der Waals surface area contributed by atoms with Crippen molar-refractivity contribution in [3.05, 3.63) is 82.9 Å². The highest BCUT2D eigenvalue weighted by molar-refractivity contribution is 6.11. The predicted molar refractivity (Wildman–Crippen MR) is 139 cm³/mol. The molecule has 0 aliphatic carbocycles. The number of para-hydroxylation sites is 1. The number of rotatable bonds is 7. The number of carbonyl (C=O) groups excluding carboxylic acids is 2. The normalized spacial score (nSPS) is 18.8. The first kappa shape index (κ1) is 23.4. The third kappa shape index (κ3) is 3.64. The van der Waals surface area contributed by atoms with Crippen LogP contribution in [0.4, 0.5) is 5.69 Å². The summed E-state index contributed by atoms with van der Waals surface area (Å²) in [4.78, 5) is 29.2. The summed E-state index contributed by atoms with van der Waals surface area (Å²) < 4.78 is 17.2. The molecule has 0 fully saturated rings. The summed E-state index contributed by atoms with van der Waals surface area (Å²) in [5.74, 6) is 2.14. The Bertz CT molecular complexity index is 1380. The minimum atomic E-state index is -0.973. The van der Waals surface area contributed by atoms with Gasteiger partial charge in [0.15, 0.2) is 11.5 Å². The average Bonchev–Trinajstić information content (AvgIpc) is 3.61. The van der Waals surface area contributed by atoms with Gasteiger partial charge < -0.3 is 24.4 Å². The third-order valence-corrected chi connectivity index (χ3v) is 7.94. The Labute approximate surface area is 216 Å². The van der Waals surface area contributed by atoms with E-state index < -0.39 is 5.41 Å². The number of anilines is 1. The molecule has 3 aromatic carbocycles. The molecule has 3 heterocycles. The fourth-order valence-corrected chi connectivity index (χ4v) is 5.68. The summed E-state index contributed by atoms with van der Waals surface area (Å²) in [6.45, 7) is 5.55. The van der Waals surface area contributed by atoms with E-state index in [0.717, 1.165) is 35.2 Å². The number of nitrogens with one attached hydrogen (secondary N) is 1. The van der Waals surface area contributed by atoms with Gasteiger partial charge in [0.25, 0.3) is 5.91 Å². The van der Waals surface area contributed by atoms with Crippen molar-refractivity contribution in [2.45, 2.75) is 38.6 Å². The minimum Gasteiger partial charge on any atom is -0.491 e. The van der Waals surface area contributed by atoms with E-state index in [1.807, 2.05) is 60.7 Å². The van der Waals surface area contributed by atoms with E-state index >= 15 is 0 Å². The van der Waals surface area contributed by atoms with Gasteiger partial charge in [-0.05, 0) is 35.2 Å². The van der Waals surface area contributed by atoms with Crippen molar-refractivity contribution in [3.8, 4) is 17.2 Å². The molecule has 1 atom stereocenters. The molecule has 3 aliphatic rings. The van der Waals surface area contributed by atoms with Gasteiger partial charge in [-0.3, -0.25) is 9.59 Å². The highest BCUT2D eigenvalue weighted by Crippen LogP contribution is 2.55. The number of nitrogens with zero attached hydrogens (tertiary/aromatic N) is 1. The van der Waals surface area contributed by atoms with Crippen LogP contribution < -0.4 is 24.4 Å². The Balaban J connectivity index is 1.35. The van der Waals surface area contributed by atoms with Crippen molar-refractivity contribution < 1.29 is 23.8 Å². The standard InChI is InChI=1S/C30H30N2O5/c1-3-19(4-2)15-31-28(33)21-10-6-5-9-20(21)16-32-24-12-8-7-11-22(24)30(29(32)34)17-35-25-14-27-26(13-23(25)30)36-18-37-27/h5-14,19H,3-4,15-18H2,1-2H3,(H,31,33). The zero-order chi connectivity index (χ0) is 25.6. The highest BCUT2D eigenvalue weighted by Gasteiger charge is 2.57. The molecule has 0 bridgehead atoms. The zero-order valence-corrected chi connectivity index (χ0v) is 21.1. The van der Waals surface area contributed by atoms with Crippen molar-refractivity contribution in [1.82, 2.24) is 5.32 Å². The van der Waals surface area contributed by atoms with Gasteiger partial charge in [0.2, 0.25) is 12.7 Å². The van der Waals surface area contributed by atoms with Crippen LogP contribution >= 0.6 is 0 Å². The van der Waals surface area contributed by atoms with E-state index in [-0.39, 0.29) is 31.8 Å². The molecular formula is C30H30N2O5. The van der Waals surface area contributed by atoms with Crippen molar-refractivity contribution in [2.24, 2.45) is 5.92 Å². The van der Waals surface area contributed by atoms with Crippen molar-refractivity contribution in [2.75, 3.05) is 24.8 Å². The van der Waals surface area contributed by atoms with Crippen LogP contribution in [-0.2, 0) is 16.8 Å². The van der Waals surface area contributed by atoms with Gasteiger partial charge in [0.05, 0.1) is 6.54 Å². The molecular weight excluding hydrogens is 468 g/mol. The summed E-state index contributed by atoms with van der Waals surface area (Å²) >= 11 is 0. The van der Waals surface area contributed by atoms with Crippen LogP contribution in [0.5, 0.6) is 17.2 Å². The van der Waals surface area contributed by atoms with Crippen LogP contribution in [0.2, 0.25) is 0 Å². The van der Waals surface area contributed by atoms with Crippen LogP contribution in [0, 0.1) is 5.92 Å². The lowest BCUT2D eigenvalue weighted by molar-refractivity contribution is -0.122. The first-order valence-electron chi connectivity index (χ1n) is 12.9. The second-order valence-electron chi connectivity index (χ2n) is 9.85. The molecule has 190 valence electrons. The predicted octanol–water partition coefficient (Wildman–Crippen LogP) is 4.81. The van der Waals surface area contributed by atoms with Gasteiger partial charge in [0.1, 0.15) is 17.8 Å². The van der Waals surface area contributed by atoms with E-state index in [4.69, 9.17) is 14.2 Å². The number of carbonyl (C=O) groups is 2. The van der Waals surface area contributed by atoms with Gasteiger partial charge in [-0.25, -0.2) is 0 Å². The first-order chi connectivity index (χ1) is 18.1. The number of fused-ring (bicyclic) bond motifs is 5. The maximum atomic E-state index is 14.3. The van der Waals surface area contributed by atoms with Crippen LogP contribution in [0.1, 0.15) is 53.7 Å². The van der Waals surface area contributed by atoms with Gasteiger partial charge in [-0.2, -0.15) is 0 Å². The molecule has 3 aliphatic heterocycles. The molecule has 1 spiro atoms. The molecule has 0 aromatic heterocycles. The fourth-order valence-electron chi connectivity index (χ4n) is 5.68. The molecule has 0 saturated carbocycles. The minimum absolute atomic E-state index is 0.0708. The number of hydrogen-bond donors (Lipinski definition) is 1. The van der Waals surface area contributed by atoms with E-state index in [0.29, 0.717) is 35.3 Å². The van der Waals surface area contributed by atoms with Gasteiger partial charge in [-0.1, -0.05) is 63.1 Å². The van der Waals surface area contributed by atoms with Gasteiger partial charge >= 0.3 is 0 Å². The summed E-state index contributed by atoms with van der Waals surface area (Å²) in [7, 11) is 0. The molecule has 1 unspecified atom stereocenters. The summed E-state index contributed by atoms with van der Waals surface area (Å²) in [5.41, 5.74) is 2.93. The number of benzene rings is 3. The van der Waals surface area contributed by atoms with E-state index in [2.05, 4.69) is 19.2 Å². The molecule has 37 heavy (non-hydrogen) atoms. The van der Waals surface area contributed by atoms with Crippen molar-refractivity contribution in [3.63, 3.8) is 0 Å². The molecule has 0 saturated heterocycles. The average molecular weight is 499 g/mol. The van der Waals surface area contributed by atoms with Crippen LogP contribution in [-0.4, -0.2) is 31.8 Å². The van der Waals surface area contributed by atoms with Crippen molar-refractivity contribution >= 4 is 17.5 Å². The van der Waals surface area contributed by atoms with Crippen molar-refractivity contribution in [1.29, 1.82) is 0 Å². The summed E-state index contributed by atoms with van der Waals surface area (Å²) in [6.07, 6.45) is 2.03. The number of ether oxygens (including phenoxy) is 3. The van der Waals surface area contributed by atoms with Gasteiger partial charge in [0, 0.05) is 29.4 Å². The Hall–Kier alpha value is -4.00. The molecule has 3 aromatic rings. The Morgan fingerprint density at radius 1 is 0.946 bits per heavy atom. The lowest BCUT2D eigenvalue weighted by Crippen LogP contribution is -2.42. The topological polar surface area (TPSA) is 77.1 Å². The molecule has 1 N–H and O–H groups in total. The van der Waals surface area contributed by atoms with Crippen LogP contribution in [0.3, 0.4) is 0 Å². The van der Waals surface area contributed by atoms with E-state index in [1.54, 1.807) is 4.90 Å². The lowest BCUT2D eigenvalue weighted by Gasteiger charge is -2.24. The lowest BCUT2D eigenvalue weighted by atomic mass is 9.77. The second kappa shape index (κ2) is 9.14. The molecule has 2 amide bonds. The summed E-state index contributed by atoms with van der Waals surface area (Å²) in [5, 5.41) is 3.09. The van der Waals surface area contributed by atoms with Crippen LogP contribution in [0.15, 0.2) is 60.7 Å². The molecule has 7 heteroatoms. The quantitative estimate of drug-likeness (QED) is 0.506. The zero-order valence-electron chi connectivity index (χ0n) is 21.1. The number of hydrogen-bond acceptors (Lipinski definition) is 5. The van der Waals surface area contributed by atoms with Gasteiger partial charge in [-0.15, -0.1) is 0 Å². The largest absolute Gasteiger partial charge is 0.491 e. The molecule has 0 radical (unpaired) electrons. The second-order valence-corrected chi connectivity index (χ2v) is 9.85. The fraction of sp³-hybridized carbons (Fsp3) is 0.333.